The third-order valence-corrected chi connectivity index (χ3v) is 9.94. The number of carbonyl (C=O) groups excluding carboxylic acids is 1. The van der Waals surface area contributed by atoms with Crippen LogP contribution in [0.2, 0.25) is 0 Å². The zero-order chi connectivity index (χ0) is 36.1. The fourth-order valence-corrected chi connectivity index (χ4v) is 6.96. The van der Waals surface area contributed by atoms with E-state index in [0.29, 0.717) is 36.8 Å². The van der Waals surface area contributed by atoms with Crippen molar-refractivity contribution < 1.29 is 33.7 Å². The highest BCUT2D eigenvalue weighted by Crippen LogP contribution is 2.41. The number of carboxylic acids is 1. The van der Waals surface area contributed by atoms with Crippen molar-refractivity contribution in [2.75, 3.05) is 5.75 Å². The molecule has 9 nitrogen and oxygen atoms in total. The number of unbranched alkanes of at least 4 members (excludes halogenated alkanes) is 3. The number of oxazole rings is 1. The first-order valence-corrected chi connectivity index (χ1v) is 18.8. The van der Waals surface area contributed by atoms with E-state index in [1.54, 1.807) is 0 Å². The lowest BCUT2D eigenvalue weighted by molar-refractivity contribution is -0.245. The molecule has 3 N–H and O–H groups in total. The van der Waals surface area contributed by atoms with Crippen LogP contribution in [0.1, 0.15) is 79.6 Å². The number of nitrogens with zero attached hydrogens (tertiary/aromatic N) is 1. The van der Waals surface area contributed by atoms with Crippen LogP contribution in [0.4, 0.5) is 0 Å². The van der Waals surface area contributed by atoms with E-state index in [2.05, 4.69) is 5.32 Å². The molecule has 1 amide bonds. The Balaban J connectivity index is 1.11. The quantitative estimate of drug-likeness (QED) is 0.0637. The molecule has 0 spiro atoms. The highest BCUT2D eigenvalue weighted by atomic mass is 32.2. The number of ether oxygens (including phenoxy) is 2. The fraction of sp³-hybridized carbons (Fsp3) is 0.310. The van der Waals surface area contributed by atoms with Crippen molar-refractivity contribution in [1.82, 2.24) is 10.3 Å². The molecule has 0 unspecified atom stereocenters. The van der Waals surface area contributed by atoms with Crippen LogP contribution in [0.5, 0.6) is 0 Å². The molecule has 0 aliphatic carbocycles. The van der Waals surface area contributed by atoms with E-state index < -0.39 is 12.3 Å². The summed E-state index contributed by atoms with van der Waals surface area (Å²) in [6, 6.07) is 35.8. The summed E-state index contributed by atoms with van der Waals surface area (Å²) in [7, 11) is 0. The van der Waals surface area contributed by atoms with E-state index in [0.717, 1.165) is 64.1 Å². The average molecular weight is 721 g/mol. The molecule has 1 aromatic heterocycles. The van der Waals surface area contributed by atoms with Crippen LogP contribution >= 0.6 is 11.8 Å². The largest absolute Gasteiger partial charge is 0.481 e. The standard InChI is InChI=1S/C42H44N2O7S/c45-27-30-19-21-31(22-20-30)36-25-35(28-52-42-44-39(32-11-5-3-6-12-32)40(51-42)33-13-7-4-8-14-33)49-41(50-36)34-23-17-29(18-24-34)26-43-37(46)15-9-1-2-10-16-38(47)48/h3-8,11-14,17-24,35-36,41,45H,1-2,9-10,15-16,25-28H2,(H,43,46)(H,47,48)/t35-,36+,41+/m0/s1. The van der Waals surface area contributed by atoms with Crippen molar-refractivity contribution in [3.8, 4) is 22.6 Å². The molecule has 270 valence electrons. The third-order valence-electron chi connectivity index (χ3n) is 8.98. The molecule has 3 atom stereocenters. The van der Waals surface area contributed by atoms with Gasteiger partial charge in [-0.15, -0.1) is 0 Å². The number of nitrogens with one attached hydrogen (secondary N) is 1. The Labute approximate surface area is 308 Å². The van der Waals surface area contributed by atoms with Crippen LogP contribution in [-0.4, -0.2) is 38.9 Å². The van der Waals surface area contributed by atoms with Crippen LogP contribution in [0, 0.1) is 0 Å². The maximum absolute atomic E-state index is 12.4. The Bertz CT molecular complexity index is 1810. The summed E-state index contributed by atoms with van der Waals surface area (Å²) >= 11 is 1.52. The van der Waals surface area contributed by atoms with E-state index in [1.807, 2.05) is 109 Å². The van der Waals surface area contributed by atoms with Gasteiger partial charge in [0.1, 0.15) is 5.69 Å². The zero-order valence-electron chi connectivity index (χ0n) is 29.0. The molecule has 10 heteroatoms. The van der Waals surface area contributed by atoms with Gasteiger partial charge in [0.05, 0.1) is 18.8 Å². The molecule has 0 saturated carbocycles. The number of amides is 1. The van der Waals surface area contributed by atoms with E-state index in [-0.39, 0.29) is 31.1 Å². The highest BCUT2D eigenvalue weighted by molar-refractivity contribution is 7.99. The van der Waals surface area contributed by atoms with Gasteiger partial charge in [-0.25, -0.2) is 4.98 Å². The summed E-state index contributed by atoms with van der Waals surface area (Å²) in [5, 5.41) is 21.9. The Morgan fingerprint density at radius 2 is 1.38 bits per heavy atom. The first-order chi connectivity index (χ1) is 25.4. The van der Waals surface area contributed by atoms with Gasteiger partial charge in [-0.3, -0.25) is 9.59 Å². The summed E-state index contributed by atoms with van der Waals surface area (Å²) in [6.45, 7) is 0.389. The minimum atomic E-state index is -0.782. The van der Waals surface area contributed by atoms with E-state index in [1.165, 1.54) is 11.8 Å². The molecule has 0 radical (unpaired) electrons. The van der Waals surface area contributed by atoms with Gasteiger partial charge in [-0.2, -0.15) is 0 Å². The van der Waals surface area contributed by atoms with Gasteiger partial charge in [0.25, 0.3) is 5.22 Å². The fourth-order valence-electron chi connectivity index (χ4n) is 6.12. The molecular weight excluding hydrogens is 677 g/mol. The van der Waals surface area contributed by atoms with E-state index in [9.17, 15) is 14.7 Å². The van der Waals surface area contributed by atoms with Crippen molar-refractivity contribution in [1.29, 1.82) is 0 Å². The van der Waals surface area contributed by atoms with Crippen molar-refractivity contribution in [2.24, 2.45) is 0 Å². The second-order valence-corrected chi connectivity index (χ2v) is 13.8. The number of aliphatic carboxylic acids is 1. The molecule has 52 heavy (non-hydrogen) atoms. The molecule has 2 heterocycles. The van der Waals surface area contributed by atoms with Gasteiger partial charge in [-0.05, 0) is 29.5 Å². The molecular formula is C42H44N2O7S. The van der Waals surface area contributed by atoms with Crippen LogP contribution in [0.25, 0.3) is 22.6 Å². The number of aliphatic hydroxyl groups excluding tert-OH is 1. The maximum Gasteiger partial charge on any atom is 0.303 e. The van der Waals surface area contributed by atoms with E-state index >= 15 is 0 Å². The van der Waals surface area contributed by atoms with Gasteiger partial charge in [0.2, 0.25) is 5.91 Å². The average Bonchev–Trinajstić information content (AvgIpc) is 3.63. The summed E-state index contributed by atoms with van der Waals surface area (Å²) in [5.41, 5.74) is 6.43. The second kappa shape index (κ2) is 18.7. The first-order valence-electron chi connectivity index (χ1n) is 17.8. The Hall–Kier alpha value is -4.74. The van der Waals surface area contributed by atoms with Crippen LogP contribution < -0.4 is 5.32 Å². The predicted octanol–water partition coefficient (Wildman–Crippen LogP) is 8.88. The predicted molar refractivity (Wildman–Crippen MR) is 200 cm³/mol. The molecule has 1 saturated heterocycles. The number of aliphatic hydroxyl groups is 1. The van der Waals surface area contributed by atoms with Crippen LogP contribution in [-0.2, 0) is 32.2 Å². The molecule has 0 bridgehead atoms. The van der Waals surface area contributed by atoms with Crippen molar-refractivity contribution in [3.63, 3.8) is 0 Å². The molecule has 1 aliphatic heterocycles. The number of benzene rings is 4. The summed E-state index contributed by atoms with van der Waals surface area (Å²) in [5.74, 6) is 0.522. The topological polar surface area (TPSA) is 131 Å². The van der Waals surface area contributed by atoms with Crippen molar-refractivity contribution >= 4 is 23.6 Å². The smallest absolute Gasteiger partial charge is 0.303 e. The Morgan fingerprint density at radius 1 is 0.750 bits per heavy atom. The van der Waals surface area contributed by atoms with E-state index in [4.69, 9.17) is 24.0 Å². The van der Waals surface area contributed by atoms with Gasteiger partial charge in [-0.1, -0.05) is 134 Å². The minimum absolute atomic E-state index is 0.0190. The molecule has 4 aromatic carbocycles. The van der Waals surface area contributed by atoms with Crippen molar-refractivity contribution in [3.05, 3.63) is 131 Å². The Kier molecular flexibility index (Phi) is 13.3. The van der Waals surface area contributed by atoms with Crippen LogP contribution in [0.15, 0.2) is 119 Å². The lowest BCUT2D eigenvalue weighted by Crippen LogP contribution is -2.31. The number of thioether (sulfide) groups is 1. The number of hydrogen-bond donors (Lipinski definition) is 3. The normalized spacial score (nSPS) is 17.1. The molecule has 6 rings (SSSR count). The maximum atomic E-state index is 12.4. The minimum Gasteiger partial charge on any atom is -0.481 e. The monoisotopic (exact) mass is 720 g/mol. The number of carbonyl (C=O) groups is 2. The van der Waals surface area contributed by atoms with Crippen LogP contribution in [0.3, 0.4) is 0 Å². The zero-order valence-corrected chi connectivity index (χ0v) is 29.8. The van der Waals surface area contributed by atoms with Gasteiger partial charge in [0, 0.05) is 48.3 Å². The lowest BCUT2D eigenvalue weighted by Gasteiger charge is -2.36. The SMILES string of the molecule is O=C(O)CCCCCCC(=O)NCc1ccc([C@@H]2O[C@H](CSc3nc(-c4ccccc4)c(-c4ccccc4)o3)C[C@H](c3ccc(CO)cc3)O2)cc1. The van der Waals surface area contributed by atoms with Gasteiger partial charge < -0.3 is 29.4 Å². The van der Waals surface area contributed by atoms with Gasteiger partial charge >= 0.3 is 5.97 Å². The molecule has 5 aromatic rings. The first kappa shape index (κ1) is 37.0. The Morgan fingerprint density at radius 3 is 2.06 bits per heavy atom. The lowest BCUT2D eigenvalue weighted by atomic mass is 10.0. The number of carboxylic acid groups (broad SMARTS) is 1. The molecule has 1 aliphatic rings. The summed E-state index contributed by atoms with van der Waals surface area (Å²) in [6.07, 6.45) is 3.22. The number of rotatable bonds is 17. The number of aromatic nitrogens is 1. The number of hydrogen-bond acceptors (Lipinski definition) is 8. The highest BCUT2D eigenvalue weighted by Gasteiger charge is 2.33. The van der Waals surface area contributed by atoms with Gasteiger partial charge in [0.15, 0.2) is 12.1 Å². The summed E-state index contributed by atoms with van der Waals surface area (Å²) < 4.78 is 19.5. The third kappa shape index (κ3) is 10.4. The summed E-state index contributed by atoms with van der Waals surface area (Å²) in [4.78, 5) is 27.9. The van der Waals surface area contributed by atoms with Crippen molar-refractivity contribution in [2.45, 2.75) is 81.8 Å². The second-order valence-electron chi connectivity index (χ2n) is 12.9. The molecule has 1 fully saturated rings.